The number of anilines is 2. The molecule has 0 aromatic heterocycles. The summed E-state index contributed by atoms with van der Waals surface area (Å²) in [6.07, 6.45) is 0.795. The first-order valence-electron chi connectivity index (χ1n) is 9.89. The van der Waals surface area contributed by atoms with Crippen molar-refractivity contribution in [3.8, 4) is 5.75 Å². The molecule has 0 radical (unpaired) electrons. The number of rotatable bonds is 3. The second-order valence-corrected chi connectivity index (χ2v) is 7.59. The highest BCUT2D eigenvalue weighted by molar-refractivity contribution is 6.13. The summed E-state index contributed by atoms with van der Waals surface area (Å²) in [4.78, 5) is 26.6. The number of Topliss-reactive ketones (excluding diaryl/α,β-unsaturated/α-hetero) is 1. The van der Waals surface area contributed by atoms with Gasteiger partial charge >= 0.3 is 0 Å². The average molecular weight is 413 g/mol. The molecule has 5 rings (SSSR count). The Hall–Kier alpha value is -4.13. The molecule has 0 bridgehead atoms. The number of benzene rings is 3. The quantitative estimate of drug-likeness (QED) is 0.489. The minimum atomic E-state index is -0.808. The largest absolute Gasteiger partial charge is 0.465 e. The fourth-order valence-corrected chi connectivity index (χ4v) is 4.06. The predicted octanol–water partition coefficient (Wildman–Crippen LogP) is 4.82. The van der Waals surface area contributed by atoms with E-state index in [1.54, 1.807) is 35.4 Å². The van der Waals surface area contributed by atoms with Gasteiger partial charge in [-0.3, -0.25) is 14.9 Å². The van der Waals surface area contributed by atoms with Gasteiger partial charge in [0.25, 0.3) is 5.69 Å². The smallest absolute Gasteiger partial charge is 0.294 e. The molecule has 7 nitrogen and oxygen atoms in total. The lowest BCUT2D eigenvalue weighted by molar-refractivity contribution is -0.384. The van der Waals surface area contributed by atoms with Crippen LogP contribution >= 0.6 is 0 Å². The number of carbonyl (C=O) groups is 1. The van der Waals surface area contributed by atoms with Crippen LogP contribution in [-0.2, 0) is 6.54 Å². The van der Waals surface area contributed by atoms with Crippen molar-refractivity contribution in [2.24, 2.45) is 0 Å². The summed E-state index contributed by atoms with van der Waals surface area (Å²) < 4.78 is 6.29. The molecule has 0 fully saturated rings. The molecule has 3 aromatic carbocycles. The summed E-state index contributed by atoms with van der Waals surface area (Å²) in [6.45, 7) is 2.25. The minimum Gasteiger partial charge on any atom is -0.465 e. The molecule has 1 unspecified atom stereocenters. The van der Waals surface area contributed by atoms with Gasteiger partial charge < -0.3 is 15.0 Å². The zero-order valence-corrected chi connectivity index (χ0v) is 16.7. The molecule has 1 N–H and O–H groups in total. The summed E-state index contributed by atoms with van der Waals surface area (Å²) in [5, 5.41) is 15.0. The molecule has 0 aliphatic carbocycles. The van der Waals surface area contributed by atoms with Crippen LogP contribution in [0.15, 0.2) is 78.5 Å². The summed E-state index contributed by atoms with van der Waals surface area (Å²) in [6, 6.07) is 19.9. The fraction of sp³-hybridized carbons (Fsp3) is 0.125. The lowest BCUT2D eigenvalue weighted by Gasteiger charge is -2.36. The van der Waals surface area contributed by atoms with Crippen LogP contribution in [0.5, 0.6) is 5.75 Å². The lowest BCUT2D eigenvalue weighted by atomic mass is 9.96. The summed E-state index contributed by atoms with van der Waals surface area (Å²) in [5.74, 6) is 0.314. The molecule has 0 spiro atoms. The Labute approximate surface area is 178 Å². The van der Waals surface area contributed by atoms with Crippen molar-refractivity contribution in [1.29, 1.82) is 0 Å². The first-order valence-corrected chi connectivity index (χ1v) is 9.89. The Morgan fingerprint density at radius 2 is 1.90 bits per heavy atom. The number of fused-ring (bicyclic) bond motifs is 3. The van der Waals surface area contributed by atoms with E-state index in [0.717, 1.165) is 11.1 Å². The number of ether oxygens (including phenoxy) is 1. The van der Waals surface area contributed by atoms with Gasteiger partial charge in [-0.2, -0.15) is 0 Å². The number of carbonyl (C=O) groups excluding carboxylic acids is 1. The number of ketones is 1. The van der Waals surface area contributed by atoms with Gasteiger partial charge in [0, 0.05) is 18.8 Å². The lowest BCUT2D eigenvalue weighted by Crippen LogP contribution is -2.45. The zero-order valence-electron chi connectivity index (χ0n) is 16.7. The van der Waals surface area contributed by atoms with Gasteiger partial charge in [-0.1, -0.05) is 48.0 Å². The van der Waals surface area contributed by atoms with Crippen molar-refractivity contribution in [1.82, 2.24) is 0 Å². The number of nitro groups is 1. The fourth-order valence-electron chi connectivity index (χ4n) is 4.06. The van der Waals surface area contributed by atoms with E-state index in [-0.39, 0.29) is 11.5 Å². The molecule has 3 aromatic rings. The number of nitro benzene ring substituents is 1. The number of hydrogen-bond donors (Lipinski definition) is 1. The molecule has 2 aliphatic rings. The van der Waals surface area contributed by atoms with Gasteiger partial charge in [0.1, 0.15) is 11.4 Å². The molecule has 154 valence electrons. The predicted molar refractivity (Wildman–Crippen MR) is 117 cm³/mol. The molecule has 0 amide bonds. The van der Waals surface area contributed by atoms with Crippen molar-refractivity contribution < 1.29 is 14.5 Å². The summed E-state index contributed by atoms with van der Waals surface area (Å²) >= 11 is 0. The number of aryl methyl sites for hydroxylation is 1. The van der Waals surface area contributed by atoms with Crippen LogP contribution in [0.4, 0.5) is 17.1 Å². The second-order valence-electron chi connectivity index (χ2n) is 7.59. The van der Waals surface area contributed by atoms with Gasteiger partial charge in [0.05, 0.1) is 21.7 Å². The van der Waals surface area contributed by atoms with Crippen molar-refractivity contribution in [3.63, 3.8) is 0 Å². The maximum Gasteiger partial charge on any atom is 0.294 e. The van der Waals surface area contributed by atoms with E-state index in [4.69, 9.17) is 4.74 Å². The van der Waals surface area contributed by atoms with Crippen LogP contribution in [0.25, 0.3) is 0 Å². The molecular weight excluding hydrogens is 394 g/mol. The first kappa shape index (κ1) is 18.9. The van der Waals surface area contributed by atoms with E-state index in [1.165, 1.54) is 6.07 Å². The van der Waals surface area contributed by atoms with Crippen molar-refractivity contribution in [2.75, 3.05) is 10.2 Å². The topological polar surface area (TPSA) is 84.7 Å². The van der Waals surface area contributed by atoms with E-state index in [9.17, 15) is 14.9 Å². The SMILES string of the molecule is Cc1ccc2c(c1)C(=O)C1=CNc3cccc([N+](=O)[O-])c3N(Cc3ccccc3)C1O2. The third-order valence-electron chi connectivity index (χ3n) is 5.51. The normalized spacial score (nSPS) is 16.7. The van der Waals surface area contributed by atoms with E-state index < -0.39 is 11.2 Å². The van der Waals surface area contributed by atoms with Gasteiger partial charge in [-0.05, 0) is 30.7 Å². The Bertz CT molecular complexity index is 1240. The van der Waals surface area contributed by atoms with Crippen LogP contribution in [0.2, 0.25) is 0 Å². The monoisotopic (exact) mass is 413 g/mol. The van der Waals surface area contributed by atoms with Gasteiger partial charge in [0.15, 0.2) is 5.78 Å². The standard InChI is InChI=1S/C24H19N3O4/c1-15-10-11-21-17(12-15)23(28)18-13-25-19-8-5-9-20(27(29)30)22(19)26(24(18)31-21)14-16-6-3-2-4-7-16/h2-13,24-25H,14H2,1H3. The maximum absolute atomic E-state index is 13.4. The van der Waals surface area contributed by atoms with Crippen molar-refractivity contribution in [3.05, 3.63) is 105 Å². The van der Waals surface area contributed by atoms with E-state index in [1.807, 2.05) is 43.3 Å². The summed E-state index contributed by atoms with van der Waals surface area (Å²) in [7, 11) is 0. The number of para-hydroxylation sites is 1. The Morgan fingerprint density at radius 3 is 2.68 bits per heavy atom. The van der Waals surface area contributed by atoms with E-state index in [2.05, 4.69) is 5.32 Å². The average Bonchev–Trinajstić information content (AvgIpc) is 2.92. The highest BCUT2D eigenvalue weighted by Crippen LogP contribution is 2.43. The molecular formula is C24H19N3O4. The molecule has 0 saturated carbocycles. The van der Waals surface area contributed by atoms with Crippen LogP contribution < -0.4 is 15.0 Å². The third-order valence-corrected chi connectivity index (χ3v) is 5.51. The van der Waals surface area contributed by atoms with Crippen LogP contribution in [0.1, 0.15) is 21.5 Å². The molecule has 1 atom stereocenters. The van der Waals surface area contributed by atoms with Gasteiger partial charge in [0.2, 0.25) is 6.23 Å². The Kier molecular flexibility index (Phi) is 4.43. The van der Waals surface area contributed by atoms with Crippen LogP contribution in [-0.4, -0.2) is 16.9 Å². The van der Waals surface area contributed by atoms with Crippen molar-refractivity contribution in [2.45, 2.75) is 19.7 Å². The maximum atomic E-state index is 13.4. The number of nitrogens with zero attached hydrogens (tertiary/aromatic N) is 2. The number of nitrogens with one attached hydrogen (secondary N) is 1. The molecule has 7 heteroatoms. The molecule has 31 heavy (non-hydrogen) atoms. The van der Waals surface area contributed by atoms with Gasteiger partial charge in [-0.25, -0.2) is 0 Å². The van der Waals surface area contributed by atoms with E-state index in [0.29, 0.717) is 34.8 Å². The first-order chi connectivity index (χ1) is 15.0. The van der Waals surface area contributed by atoms with Gasteiger partial charge in [-0.15, -0.1) is 0 Å². The summed E-state index contributed by atoms with van der Waals surface area (Å²) in [5.41, 5.74) is 3.67. The highest BCUT2D eigenvalue weighted by Gasteiger charge is 2.40. The Balaban J connectivity index is 1.70. The molecule has 2 heterocycles. The second kappa shape index (κ2) is 7.28. The van der Waals surface area contributed by atoms with E-state index >= 15 is 0 Å². The highest BCUT2D eigenvalue weighted by atomic mass is 16.6. The van der Waals surface area contributed by atoms with Crippen molar-refractivity contribution >= 4 is 22.8 Å². The van der Waals surface area contributed by atoms with Crippen LogP contribution in [0, 0.1) is 17.0 Å². The minimum absolute atomic E-state index is 0.0543. The Morgan fingerprint density at radius 1 is 1.10 bits per heavy atom. The molecule has 0 saturated heterocycles. The molecule has 2 aliphatic heterocycles. The number of hydrogen-bond acceptors (Lipinski definition) is 6. The zero-order chi connectivity index (χ0) is 21.5. The third kappa shape index (κ3) is 3.20. The van der Waals surface area contributed by atoms with Crippen LogP contribution in [0.3, 0.4) is 0 Å².